The Labute approximate surface area is 191 Å². The normalized spacial score (nSPS) is 17.2. The van der Waals surface area contributed by atoms with Gasteiger partial charge in [-0.3, -0.25) is 4.79 Å². The van der Waals surface area contributed by atoms with Gasteiger partial charge < -0.3 is 20.4 Å². The number of carbonyl (C=O) groups excluding carboxylic acids is 2. The van der Waals surface area contributed by atoms with Crippen molar-refractivity contribution in [3.8, 4) is 0 Å². The van der Waals surface area contributed by atoms with E-state index in [4.69, 9.17) is 0 Å². The summed E-state index contributed by atoms with van der Waals surface area (Å²) in [6, 6.07) is 15.3. The van der Waals surface area contributed by atoms with E-state index >= 15 is 0 Å². The average molecular weight is 435 g/mol. The van der Waals surface area contributed by atoms with Crippen molar-refractivity contribution in [1.29, 1.82) is 0 Å². The van der Waals surface area contributed by atoms with Gasteiger partial charge >= 0.3 is 6.03 Å². The maximum absolute atomic E-state index is 13.4. The number of hydrogen-bond donors (Lipinski definition) is 2. The molecule has 0 aromatic heterocycles. The van der Waals surface area contributed by atoms with Gasteiger partial charge in [-0.1, -0.05) is 37.3 Å². The van der Waals surface area contributed by atoms with E-state index < -0.39 is 0 Å². The van der Waals surface area contributed by atoms with Crippen molar-refractivity contribution in [1.82, 2.24) is 10.2 Å². The van der Waals surface area contributed by atoms with Crippen LogP contribution in [0.3, 0.4) is 0 Å². The van der Waals surface area contributed by atoms with E-state index in [1.165, 1.54) is 6.42 Å². The lowest BCUT2D eigenvalue weighted by atomic mass is 9.97. The van der Waals surface area contributed by atoms with Crippen molar-refractivity contribution in [2.45, 2.75) is 45.6 Å². The van der Waals surface area contributed by atoms with Gasteiger partial charge in [-0.15, -0.1) is 0 Å². The molecule has 0 radical (unpaired) electrons. The molecule has 2 saturated heterocycles. The summed E-state index contributed by atoms with van der Waals surface area (Å²) >= 11 is 0. The molecule has 2 aromatic carbocycles. The van der Waals surface area contributed by atoms with Crippen LogP contribution < -0.4 is 15.5 Å². The van der Waals surface area contributed by atoms with Crippen molar-refractivity contribution in [3.05, 3.63) is 59.7 Å². The Morgan fingerprint density at radius 2 is 1.66 bits per heavy atom. The molecule has 32 heavy (non-hydrogen) atoms. The van der Waals surface area contributed by atoms with Crippen LogP contribution in [0.5, 0.6) is 0 Å². The molecule has 6 nitrogen and oxygen atoms in total. The molecule has 0 unspecified atom stereocenters. The van der Waals surface area contributed by atoms with Gasteiger partial charge in [-0.05, 0) is 61.8 Å². The predicted molar refractivity (Wildman–Crippen MR) is 129 cm³/mol. The van der Waals surface area contributed by atoms with Gasteiger partial charge in [-0.2, -0.15) is 0 Å². The number of hydrogen-bond acceptors (Lipinski definition) is 3. The van der Waals surface area contributed by atoms with Crippen LogP contribution >= 0.6 is 0 Å². The first-order valence-electron chi connectivity index (χ1n) is 11.9. The Hall–Kier alpha value is -3.02. The lowest BCUT2D eigenvalue weighted by molar-refractivity contribution is 0.0725. The van der Waals surface area contributed by atoms with Crippen LogP contribution in [-0.4, -0.2) is 43.0 Å². The summed E-state index contributed by atoms with van der Waals surface area (Å²) in [7, 11) is 0. The number of piperidine rings is 2. The van der Waals surface area contributed by atoms with Crippen LogP contribution in [0.15, 0.2) is 48.5 Å². The second-order valence-electron chi connectivity index (χ2n) is 9.05. The summed E-state index contributed by atoms with van der Waals surface area (Å²) in [6.07, 6.45) is 5.58. The standard InChI is InChI=1S/C26H34N4O2/c1-20-12-16-29(17-13-20)24-11-10-22(18-23(24)25(31)30-14-6-3-7-15-30)28-26(32)27-19-21-8-4-2-5-9-21/h2,4-5,8-11,18,20H,3,6-7,12-17,19H2,1H3,(H2,27,28,32). The summed E-state index contributed by atoms with van der Waals surface area (Å²) in [6.45, 7) is 6.29. The van der Waals surface area contributed by atoms with Crippen molar-refractivity contribution in [3.63, 3.8) is 0 Å². The fraction of sp³-hybridized carbons (Fsp3) is 0.462. The number of likely N-dealkylation sites (tertiary alicyclic amines) is 1. The first-order valence-corrected chi connectivity index (χ1v) is 11.9. The predicted octanol–water partition coefficient (Wildman–Crippen LogP) is 4.87. The SMILES string of the molecule is CC1CCN(c2ccc(NC(=O)NCc3ccccc3)cc2C(=O)N2CCCCC2)CC1. The van der Waals surface area contributed by atoms with E-state index in [0.29, 0.717) is 17.8 Å². The first kappa shape index (κ1) is 22.2. The van der Waals surface area contributed by atoms with Gasteiger partial charge in [-0.25, -0.2) is 4.79 Å². The Balaban J connectivity index is 1.50. The van der Waals surface area contributed by atoms with Crippen molar-refractivity contribution in [2.24, 2.45) is 5.92 Å². The molecule has 2 fully saturated rings. The van der Waals surface area contributed by atoms with E-state index in [2.05, 4.69) is 22.5 Å². The molecule has 0 spiro atoms. The zero-order chi connectivity index (χ0) is 22.3. The molecule has 2 aliphatic heterocycles. The molecule has 2 aliphatic rings. The highest BCUT2D eigenvalue weighted by molar-refractivity contribution is 6.02. The number of benzene rings is 2. The third kappa shape index (κ3) is 5.61. The number of nitrogens with zero attached hydrogens (tertiary/aromatic N) is 2. The smallest absolute Gasteiger partial charge is 0.319 e. The zero-order valence-electron chi connectivity index (χ0n) is 19.0. The fourth-order valence-electron chi connectivity index (χ4n) is 4.53. The third-order valence-electron chi connectivity index (χ3n) is 6.55. The zero-order valence-corrected chi connectivity index (χ0v) is 19.0. The highest BCUT2D eigenvalue weighted by Gasteiger charge is 2.25. The largest absolute Gasteiger partial charge is 0.371 e. The van der Waals surface area contributed by atoms with Crippen LogP contribution in [0, 0.1) is 5.92 Å². The van der Waals surface area contributed by atoms with Crippen LogP contribution in [0.4, 0.5) is 16.2 Å². The highest BCUT2D eigenvalue weighted by atomic mass is 16.2. The van der Waals surface area contributed by atoms with Gasteiger partial charge in [0.1, 0.15) is 0 Å². The summed E-state index contributed by atoms with van der Waals surface area (Å²) < 4.78 is 0. The number of anilines is 2. The van der Waals surface area contributed by atoms with Crippen LogP contribution in [0.2, 0.25) is 0 Å². The minimum Gasteiger partial charge on any atom is -0.371 e. The Morgan fingerprint density at radius 3 is 2.38 bits per heavy atom. The summed E-state index contributed by atoms with van der Waals surface area (Å²) in [5, 5.41) is 5.79. The van der Waals surface area contributed by atoms with Gasteiger partial charge in [0.05, 0.1) is 5.56 Å². The molecule has 6 heteroatoms. The van der Waals surface area contributed by atoms with Gasteiger partial charge in [0.25, 0.3) is 5.91 Å². The van der Waals surface area contributed by atoms with Gasteiger partial charge in [0.2, 0.25) is 0 Å². The topological polar surface area (TPSA) is 64.7 Å². The van der Waals surface area contributed by atoms with Crippen molar-refractivity contribution >= 4 is 23.3 Å². The fourth-order valence-corrected chi connectivity index (χ4v) is 4.53. The lowest BCUT2D eigenvalue weighted by Crippen LogP contribution is -2.38. The van der Waals surface area contributed by atoms with Crippen LogP contribution in [0.25, 0.3) is 0 Å². The lowest BCUT2D eigenvalue weighted by Gasteiger charge is -2.35. The maximum Gasteiger partial charge on any atom is 0.319 e. The third-order valence-corrected chi connectivity index (χ3v) is 6.55. The Kier molecular flexibility index (Phi) is 7.30. The van der Waals surface area contributed by atoms with E-state index in [-0.39, 0.29) is 11.9 Å². The number of rotatable bonds is 5. The minimum absolute atomic E-state index is 0.0756. The monoisotopic (exact) mass is 434 g/mol. The van der Waals surface area contributed by atoms with E-state index in [1.54, 1.807) is 0 Å². The molecule has 4 rings (SSSR count). The van der Waals surface area contributed by atoms with E-state index in [1.807, 2.05) is 53.4 Å². The number of nitrogens with one attached hydrogen (secondary N) is 2. The molecule has 0 saturated carbocycles. The molecular formula is C26H34N4O2. The van der Waals surface area contributed by atoms with Gasteiger partial charge in [0, 0.05) is 44.1 Å². The quantitative estimate of drug-likeness (QED) is 0.706. The van der Waals surface area contributed by atoms with Crippen LogP contribution in [0.1, 0.15) is 54.9 Å². The summed E-state index contributed by atoms with van der Waals surface area (Å²) in [4.78, 5) is 30.2. The first-order chi connectivity index (χ1) is 15.6. The molecule has 170 valence electrons. The highest BCUT2D eigenvalue weighted by Crippen LogP contribution is 2.30. The second kappa shape index (κ2) is 10.5. The molecule has 3 amide bonds. The number of carbonyl (C=O) groups is 2. The Bertz CT molecular complexity index is 917. The van der Waals surface area contributed by atoms with Crippen molar-refractivity contribution in [2.75, 3.05) is 36.4 Å². The maximum atomic E-state index is 13.4. The summed E-state index contributed by atoms with van der Waals surface area (Å²) in [5.74, 6) is 0.799. The minimum atomic E-state index is -0.273. The Morgan fingerprint density at radius 1 is 0.938 bits per heavy atom. The van der Waals surface area contributed by atoms with Crippen molar-refractivity contribution < 1.29 is 9.59 Å². The summed E-state index contributed by atoms with van der Waals surface area (Å²) in [5.41, 5.74) is 3.37. The molecule has 2 heterocycles. The van der Waals surface area contributed by atoms with E-state index in [9.17, 15) is 9.59 Å². The second-order valence-corrected chi connectivity index (χ2v) is 9.05. The van der Waals surface area contributed by atoms with Crippen LogP contribution in [-0.2, 0) is 6.54 Å². The molecule has 0 atom stereocenters. The molecule has 0 bridgehead atoms. The average Bonchev–Trinajstić information content (AvgIpc) is 2.84. The van der Waals surface area contributed by atoms with Gasteiger partial charge in [0.15, 0.2) is 0 Å². The molecule has 2 N–H and O–H groups in total. The molecular weight excluding hydrogens is 400 g/mol. The molecule has 2 aromatic rings. The number of urea groups is 1. The molecule has 0 aliphatic carbocycles. The number of amides is 3. The van der Waals surface area contributed by atoms with E-state index in [0.717, 1.165) is 69.0 Å².